The number of aliphatic hydroxyl groups excluding tert-OH is 2. The van der Waals surface area contributed by atoms with Crippen molar-refractivity contribution in [1.29, 1.82) is 0 Å². The molecule has 2 fully saturated rings. The van der Waals surface area contributed by atoms with E-state index in [1.54, 1.807) is 13.8 Å². The van der Waals surface area contributed by atoms with Gasteiger partial charge in [-0.25, -0.2) is 0 Å². The molecule has 0 spiro atoms. The van der Waals surface area contributed by atoms with Crippen LogP contribution in [0, 0.1) is 0 Å². The Hall–Kier alpha value is -0.340. The fourth-order valence-corrected chi connectivity index (χ4v) is 4.25. The first-order valence-electron chi connectivity index (χ1n) is 7.11. The molecule has 0 aromatic heterocycles. The van der Waals surface area contributed by atoms with Crippen LogP contribution in [0.5, 0.6) is 0 Å². The van der Waals surface area contributed by atoms with Crippen molar-refractivity contribution in [2.75, 3.05) is 13.1 Å². The highest BCUT2D eigenvalue weighted by Gasteiger charge is 2.52. The van der Waals surface area contributed by atoms with E-state index in [9.17, 15) is 15.3 Å². The minimum absolute atomic E-state index is 0.333. The van der Waals surface area contributed by atoms with E-state index in [0.29, 0.717) is 0 Å². The molecule has 0 radical (unpaired) electrons. The van der Waals surface area contributed by atoms with Gasteiger partial charge in [0.15, 0.2) is 5.17 Å². The Morgan fingerprint density at radius 1 is 1.25 bits per heavy atom. The van der Waals surface area contributed by atoms with Gasteiger partial charge in [0.05, 0.1) is 5.60 Å². The molecule has 0 amide bonds. The number of rotatable bonds is 1. The number of aliphatic hydroxyl groups is 3. The monoisotopic (exact) mass is 302 g/mol. The number of fused-ring (bicyclic) bond motifs is 1. The SMILES string of the molecule is CC(C)(O)C1OC2SC(N3CCCC3)=NC2C(O)C1O. The zero-order valence-electron chi connectivity index (χ0n) is 11.8. The first-order chi connectivity index (χ1) is 9.38. The summed E-state index contributed by atoms with van der Waals surface area (Å²) in [5, 5.41) is 31.4. The molecule has 3 aliphatic heterocycles. The predicted molar refractivity (Wildman–Crippen MR) is 76.6 cm³/mol. The van der Waals surface area contributed by atoms with Gasteiger partial charge in [-0.1, -0.05) is 11.8 Å². The normalized spacial score (nSPS) is 41.8. The van der Waals surface area contributed by atoms with Crippen LogP contribution in [0.1, 0.15) is 26.7 Å². The van der Waals surface area contributed by atoms with Crippen LogP contribution in [0.15, 0.2) is 4.99 Å². The lowest BCUT2D eigenvalue weighted by Gasteiger charge is -2.43. The number of ether oxygens (including phenoxy) is 1. The van der Waals surface area contributed by atoms with Gasteiger partial charge in [-0.15, -0.1) is 0 Å². The van der Waals surface area contributed by atoms with Crippen LogP contribution in [0.3, 0.4) is 0 Å². The summed E-state index contributed by atoms with van der Waals surface area (Å²) in [6.07, 6.45) is -0.615. The maximum Gasteiger partial charge on any atom is 0.162 e. The Bertz CT molecular complexity index is 406. The predicted octanol–water partition coefficient (Wildman–Crippen LogP) is -0.229. The maximum atomic E-state index is 10.3. The van der Waals surface area contributed by atoms with Crippen molar-refractivity contribution in [1.82, 2.24) is 4.90 Å². The molecule has 5 unspecified atom stereocenters. The van der Waals surface area contributed by atoms with Gasteiger partial charge < -0.3 is 25.0 Å². The minimum Gasteiger partial charge on any atom is -0.388 e. The van der Waals surface area contributed by atoms with E-state index in [1.165, 1.54) is 11.8 Å². The average molecular weight is 302 g/mol. The summed E-state index contributed by atoms with van der Waals surface area (Å²) in [6.45, 7) is 5.13. The molecule has 114 valence electrons. The first kappa shape index (κ1) is 14.6. The molecule has 0 aliphatic carbocycles. The Morgan fingerprint density at radius 3 is 2.50 bits per heavy atom. The van der Waals surface area contributed by atoms with Crippen molar-refractivity contribution in [3.05, 3.63) is 0 Å². The number of aliphatic imine (C=N–C) groups is 1. The summed E-state index contributed by atoms with van der Waals surface area (Å²) >= 11 is 1.49. The molecule has 6 nitrogen and oxygen atoms in total. The van der Waals surface area contributed by atoms with Crippen LogP contribution in [-0.2, 0) is 4.74 Å². The Balaban J connectivity index is 1.77. The zero-order valence-corrected chi connectivity index (χ0v) is 12.6. The van der Waals surface area contributed by atoms with Gasteiger partial charge in [0.25, 0.3) is 0 Å². The van der Waals surface area contributed by atoms with Gasteiger partial charge in [0.2, 0.25) is 0 Å². The fraction of sp³-hybridized carbons (Fsp3) is 0.923. The molecule has 0 aromatic carbocycles. The highest BCUT2D eigenvalue weighted by atomic mass is 32.2. The van der Waals surface area contributed by atoms with E-state index >= 15 is 0 Å². The minimum atomic E-state index is -1.21. The Morgan fingerprint density at radius 2 is 1.90 bits per heavy atom. The molecular formula is C13H22N2O4S. The lowest BCUT2D eigenvalue weighted by atomic mass is 9.89. The number of amidine groups is 1. The van der Waals surface area contributed by atoms with E-state index < -0.39 is 30.0 Å². The first-order valence-corrected chi connectivity index (χ1v) is 7.99. The molecule has 0 saturated carbocycles. The molecule has 3 heterocycles. The number of hydrogen-bond acceptors (Lipinski definition) is 7. The standard InChI is InChI=1S/C13H22N2O4S/c1-13(2,18)10-9(17)8(16)7-11(19-10)20-12(14-7)15-5-3-4-6-15/h7-11,16-18H,3-6H2,1-2H3. The van der Waals surface area contributed by atoms with Crippen LogP contribution < -0.4 is 0 Å². The highest BCUT2D eigenvalue weighted by molar-refractivity contribution is 8.14. The molecule has 20 heavy (non-hydrogen) atoms. The molecule has 3 N–H and O–H groups in total. The maximum absolute atomic E-state index is 10.3. The van der Waals surface area contributed by atoms with E-state index in [0.717, 1.165) is 31.1 Å². The van der Waals surface area contributed by atoms with Gasteiger partial charge in [0, 0.05) is 13.1 Å². The third-order valence-corrected chi connectivity index (χ3v) is 5.32. The molecule has 0 aromatic rings. The van der Waals surface area contributed by atoms with Gasteiger partial charge in [-0.3, -0.25) is 4.99 Å². The van der Waals surface area contributed by atoms with Crippen molar-refractivity contribution in [2.45, 2.75) is 62.1 Å². The van der Waals surface area contributed by atoms with Gasteiger partial charge in [-0.2, -0.15) is 0 Å². The van der Waals surface area contributed by atoms with Crippen LogP contribution in [0.25, 0.3) is 0 Å². The van der Waals surface area contributed by atoms with Gasteiger partial charge in [0.1, 0.15) is 29.8 Å². The van der Waals surface area contributed by atoms with Gasteiger partial charge >= 0.3 is 0 Å². The van der Waals surface area contributed by atoms with Crippen molar-refractivity contribution in [2.24, 2.45) is 4.99 Å². The second-order valence-electron chi connectivity index (χ2n) is 6.27. The second kappa shape index (κ2) is 5.14. The third kappa shape index (κ3) is 2.46. The molecular weight excluding hydrogens is 280 g/mol. The summed E-state index contributed by atoms with van der Waals surface area (Å²) in [6, 6.07) is -0.454. The van der Waals surface area contributed by atoms with Crippen molar-refractivity contribution in [3.8, 4) is 0 Å². The molecule has 2 saturated heterocycles. The number of likely N-dealkylation sites (tertiary alicyclic amines) is 1. The quantitative estimate of drug-likeness (QED) is 0.620. The summed E-state index contributed by atoms with van der Waals surface area (Å²) < 4.78 is 5.81. The second-order valence-corrected chi connectivity index (χ2v) is 7.34. The van der Waals surface area contributed by atoms with E-state index in [2.05, 4.69) is 9.89 Å². The van der Waals surface area contributed by atoms with Crippen molar-refractivity contribution < 1.29 is 20.1 Å². The summed E-state index contributed by atoms with van der Waals surface area (Å²) in [4.78, 5) is 6.73. The van der Waals surface area contributed by atoms with Crippen molar-refractivity contribution in [3.63, 3.8) is 0 Å². The summed E-state index contributed by atoms with van der Waals surface area (Å²) in [5.41, 5.74) is -1.54. The number of thioether (sulfide) groups is 1. The van der Waals surface area contributed by atoms with Gasteiger partial charge in [-0.05, 0) is 26.7 Å². The van der Waals surface area contributed by atoms with Crippen LogP contribution >= 0.6 is 11.8 Å². The van der Waals surface area contributed by atoms with Crippen molar-refractivity contribution >= 4 is 16.9 Å². The highest BCUT2D eigenvalue weighted by Crippen LogP contribution is 2.40. The Kier molecular flexibility index (Phi) is 3.75. The van der Waals surface area contributed by atoms with Crippen LogP contribution in [-0.4, -0.2) is 73.9 Å². The third-order valence-electron chi connectivity index (χ3n) is 4.12. The summed E-state index contributed by atoms with van der Waals surface area (Å²) in [7, 11) is 0. The Labute approximate surface area is 122 Å². The largest absolute Gasteiger partial charge is 0.388 e. The number of hydrogen-bond donors (Lipinski definition) is 3. The molecule has 0 bridgehead atoms. The summed E-state index contributed by atoms with van der Waals surface area (Å²) in [5.74, 6) is 0. The van der Waals surface area contributed by atoms with E-state index in [1.807, 2.05) is 0 Å². The molecule has 3 rings (SSSR count). The molecule has 7 heteroatoms. The lowest BCUT2D eigenvalue weighted by Crippen LogP contribution is -2.61. The van der Waals surface area contributed by atoms with E-state index in [-0.39, 0.29) is 5.44 Å². The number of nitrogens with zero attached hydrogens (tertiary/aromatic N) is 2. The topological polar surface area (TPSA) is 85.5 Å². The zero-order chi connectivity index (χ0) is 14.5. The average Bonchev–Trinajstić information content (AvgIpc) is 3.00. The van der Waals surface area contributed by atoms with E-state index in [4.69, 9.17) is 4.74 Å². The lowest BCUT2D eigenvalue weighted by molar-refractivity contribution is -0.208. The van der Waals surface area contributed by atoms with Crippen LogP contribution in [0.2, 0.25) is 0 Å². The fourth-order valence-electron chi connectivity index (χ4n) is 2.99. The molecule has 5 atom stereocenters. The smallest absolute Gasteiger partial charge is 0.162 e. The van der Waals surface area contributed by atoms with Crippen LogP contribution in [0.4, 0.5) is 0 Å². The molecule has 3 aliphatic rings.